The maximum atomic E-state index is 6.16. The van der Waals surface area contributed by atoms with Gasteiger partial charge in [-0.05, 0) is 30.5 Å². The van der Waals surface area contributed by atoms with Crippen molar-refractivity contribution in [1.29, 1.82) is 0 Å². The second kappa shape index (κ2) is 6.12. The molecule has 1 aromatic rings. The summed E-state index contributed by atoms with van der Waals surface area (Å²) in [6, 6.07) is 6.67. The van der Waals surface area contributed by atoms with Crippen LogP contribution in [0.1, 0.15) is 32.3 Å². The molecule has 16 heavy (non-hydrogen) atoms. The lowest BCUT2D eigenvalue weighted by molar-refractivity contribution is 0.591. The van der Waals surface area contributed by atoms with Crippen LogP contribution in [0.5, 0.6) is 0 Å². The highest BCUT2D eigenvalue weighted by atomic mass is 35.5. The Hall–Kier alpha value is -0.730. The van der Waals surface area contributed by atoms with Crippen molar-refractivity contribution in [2.75, 3.05) is 11.9 Å². The topological polar surface area (TPSA) is 29.3 Å². The number of halogens is 1. The largest absolute Gasteiger partial charge is 0.372 e. The number of benzene rings is 1. The highest BCUT2D eigenvalue weighted by Crippen LogP contribution is 2.25. The average molecular weight is 241 g/mol. The third kappa shape index (κ3) is 2.89. The zero-order valence-electron chi connectivity index (χ0n) is 10.3. The second-order valence-corrected chi connectivity index (χ2v) is 4.47. The summed E-state index contributed by atoms with van der Waals surface area (Å²) in [7, 11) is 2.12. The van der Waals surface area contributed by atoms with E-state index >= 15 is 0 Å². The Morgan fingerprint density at radius 2 is 1.94 bits per heavy atom. The average Bonchev–Trinajstić information content (AvgIpc) is 2.30. The minimum absolute atomic E-state index is 0.494. The molecule has 0 heterocycles. The standard InChI is InChI=1S/C13H21ClN2/c1-4-11(5-2)16(3)12-7-6-10(9-15)13(14)8-12/h6-8,11H,4-5,9,15H2,1-3H3. The summed E-state index contributed by atoms with van der Waals surface area (Å²) in [5, 5.41) is 0.762. The lowest BCUT2D eigenvalue weighted by Gasteiger charge is -2.28. The summed E-state index contributed by atoms with van der Waals surface area (Å²) in [5.74, 6) is 0. The molecule has 0 aliphatic heterocycles. The summed E-state index contributed by atoms with van der Waals surface area (Å²) in [6.45, 7) is 4.91. The molecule has 2 nitrogen and oxygen atoms in total. The van der Waals surface area contributed by atoms with Gasteiger partial charge < -0.3 is 10.6 Å². The van der Waals surface area contributed by atoms with E-state index in [2.05, 4.69) is 31.9 Å². The van der Waals surface area contributed by atoms with Gasteiger partial charge in [-0.1, -0.05) is 31.5 Å². The van der Waals surface area contributed by atoms with Gasteiger partial charge in [0.15, 0.2) is 0 Å². The molecule has 0 radical (unpaired) electrons. The fourth-order valence-corrected chi connectivity index (χ4v) is 2.22. The third-order valence-corrected chi connectivity index (χ3v) is 3.51. The number of anilines is 1. The Balaban J connectivity index is 2.91. The quantitative estimate of drug-likeness (QED) is 0.855. The molecule has 0 aliphatic carbocycles. The fraction of sp³-hybridized carbons (Fsp3) is 0.538. The van der Waals surface area contributed by atoms with Crippen LogP contribution in [0.4, 0.5) is 5.69 Å². The van der Waals surface area contributed by atoms with Crippen LogP contribution in [0.25, 0.3) is 0 Å². The molecule has 0 atom stereocenters. The van der Waals surface area contributed by atoms with Gasteiger partial charge in [0.1, 0.15) is 0 Å². The molecule has 2 N–H and O–H groups in total. The zero-order valence-corrected chi connectivity index (χ0v) is 11.1. The SMILES string of the molecule is CCC(CC)N(C)c1ccc(CN)c(Cl)c1. The Morgan fingerprint density at radius 3 is 2.38 bits per heavy atom. The molecule has 0 unspecified atom stereocenters. The first-order valence-corrected chi connectivity index (χ1v) is 6.23. The van der Waals surface area contributed by atoms with Crippen molar-refractivity contribution >= 4 is 17.3 Å². The molecule has 0 spiro atoms. The van der Waals surface area contributed by atoms with Crippen LogP contribution in [0.15, 0.2) is 18.2 Å². The van der Waals surface area contributed by atoms with Gasteiger partial charge in [-0.3, -0.25) is 0 Å². The van der Waals surface area contributed by atoms with Gasteiger partial charge in [-0.25, -0.2) is 0 Å². The van der Waals surface area contributed by atoms with E-state index in [-0.39, 0.29) is 0 Å². The highest BCUT2D eigenvalue weighted by molar-refractivity contribution is 6.31. The fourth-order valence-electron chi connectivity index (χ4n) is 1.97. The lowest BCUT2D eigenvalue weighted by Crippen LogP contribution is -2.30. The van der Waals surface area contributed by atoms with Crippen LogP contribution >= 0.6 is 11.6 Å². The molecule has 0 bridgehead atoms. The molecule has 0 amide bonds. The van der Waals surface area contributed by atoms with Crippen LogP contribution in [0.3, 0.4) is 0 Å². The minimum atomic E-state index is 0.494. The smallest absolute Gasteiger partial charge is 0.0471 e. The van der Waals surface area contributed by atoms with Gasteiger partial charge in [0.05, 0.1) is 0 Å². The van der Waals surface area contributed by atoms with Gasteiger partial charge >= 0.3 is 0 Å². The van der Waals surface area contributed by atoms with E-state index in [1.54, 1.807) is 0 Å². The Morgan fingerprint density at radius 1 is 1.31 bits per heavy atom. The Bertz CT molecular complexity index is 335. The van der Waals surface area contributed by atoms with Crippen molar-refractivity contribution in [2.45, 2.75) is 39.3 Å². The molecule has 3 heteroatoms. The van der Waals surface area contributed by atoms with E-state index in [1.165, 1.54) is 0 Å². The van der Waals surface area contributed by atoms with Crippen molar-refractivity contribution in [1.82, 2.24) is 0 Å². The predicted octanol–water partition coefficient (Wildman–Crippen LogP) is 3.42. The first-order valence-electron chi connectivity index (χ1n) is 5.85. The lowest BCUT2D eigenvalue weighted by atomic mass is 10.1. The highest BCUT2D eigenvalue weighted by Gasteiger charge is 2.12. The molecular weight excluding hydrogens is 220 g/mol. The Labute approximate surface area is 103 Å². The molecule has 0 saturated carbocycles. The number of nitrogens with two attached hydrogens (primary N) is 1. The molecule has 90 valence electrons. The molecule has 0 aromatic heterocycles. The predicted molar refractivity (Wildman–Crippen MR) is 72.1 cm³/mol. The van der Waals surface area contributed by atoms with Crippen molar-refractivity contribution < 1.29 is 0 Å². The van der Waals surface area contributed by atoms with Gasteiger partial charge in [-0.2, -0.15) is 0 Å². The number of rotatable bonds is 5. The molecule has 1 aromatic carbocycles. The first kappa shape index (κ1) is 13.3. The zero-order chi connectivity index (χ0) is 12.1. The first-order chi connectivity index (χ1) is 7.63. The van der Waals surface area contributed by atoms with E-state index in [0.29, 0.717) is 12.6 Å². The van der Waals surface area contributed by atoms with Crippen LogP contribution in [-0.2, 0) is 6.54 Å². The van der Waals surface area contributed by atoms with Crippen LogP contribution in [0.2, 0.25) is 5.02 Å². The normalized spacial score (nSPS) is 10.9. The maximum Gasteiger partial charge on any atom is 0.0471 e. The van der Waals surface area contributed by atoms with Gasteiger partial charge in [-0.15, -0.1) is 0 Å². The van der Waals surface area contributed by atoms with Crippen molar-refractivity contribution in [3.05, 3.63) is 28.8 Å². The summed E-state index contributed by atoms with van der Waals surface area (Å²) < 4.78 is 0. The van der Waals surface area contributed by atoms with Gasteiger partial charge in [0, 0.05) is 30.3 Å². The van der Waals surface area contributed by atoms with Crippen LogP contribution in [-0.4, -0.2) is 13.1 Å². The third-order valence-electron chi connectivity index (χ3n) is 3.15. The Kier molecular flexibility index (Phi) is 5.10. The number of nitrogens with zero attached hydrogens (tertiary/aromatic N) is 1. The van der Waals surface area contributed by atoms with Crippen LogP contribution < -0.4 is 10.6 Å². The van der Waals surface area contributed by atoms with E-state index in [9.17, 15) is 0 Å². The van der Waals surface area contributed by atoms with Crippen molar-refractivity contribution in [3.8, 4) is 0 Å². The number of hydrogen-bond donors (Lipinski definition) is 1. The van der Waals surface area contributed by atoms with Gasteiger partial charge in [0.25, 0.3) is 0 Å². The summed E-state index contributed by atoms with van der Waals surface area (Å²) in [4.78, 5) is 2.28. The minimum Gasteiger partial charge on any atom is -0.372 e. The van der Waals surface area contributed by atoms with Gasteiger partial charge in [0.2, 0.25) is 0 Å². The van der Waals surface area contributed by atoms with Crippen molar-refractivity contribution in [2.24, 2.45) is 5.73 Å². The molecule has 1 rings (SSSR count). The maximum absolute atomic E-state index is 6.16. The number of hydrogen-bond acceptors (Lipinski definition) is 2. The van der Waals surface area contributed by atoms with Crippen molar-refractivity contribution in [3.63, 3.8) is 0 Å². The summed E-state index contributed by atoms with van der Waals surface area (Å²) >= 11 is 6.16. The second-order valence-electron chi connectivity index (χ2n) is 4.06. The van der Waals surface area contributed by atoms with E-state index in [0.717, 1.165) is 29.1 Å². The van der Waals surface area contributed by atoms with E-state index in [4.69, 9.17) is 17.3 Å². The molecule has 0 aliphatic rings. The summed E-state index contributed by atoms with van der Waals surface area (Å²) in [5.41, 5.74) is 7.76. The molecular formula is C13H21ClN2. The monoisotopic (exact) mass is 240 g/mol. The molecule has 0 saturated heterocycles. The van der Waals surface area contributed by atoms with E-state index < -0.39 is 0 Å². The molecule has 0 fully saturated rings. The van der Waals surface area contributed by atoms with E-state index in [1.807, 2.05) is 12.1 Å². The summed E-state index contributed by atoms with van der Waals surface area (Å²) in [6.07, 6.45) is 2.28. The van der Waals surface area contributed by atoms with Crippen LogP contribution in [0, 0.1) is 0 Å².